The van der Waals surface area contributed by atoms with E-state index >= 15 is 0 Å². The Balaban J connectivity index is 1.87. The molecule has 1 heterocycles. The number of carbonyl (C=O) groups excluding carboxylic acids is 2. The third kappa shape index (κ3) is 4.03. The highest BCUT2D eigenvalue weighted by Gasteiger charge is 2.26. The standard InChI is InChI=1S/C15H21N3O3/c1-21-13(19)11-17-7-9-18(10-8-17)15(20)14(16)12-5-3-2-4-6-12/h2-6,14H,7-11,16H2,1H3/t14-/m0/s1. The van der Waals surface area contributed by atoms with E-state index in [4.69, 9.17) is 5.73 Å². The van der Waals surface area contributed by atoms with Crippen LogP contribution >= 0.6 is 0 Å². The first-order chi connectivity index (χ1) is 10.1. The molecular weight excluding hydrogens is 270 g/mol. The quantitative estimate of drug-likeness (QED) is 0.791. The molecule has 0 aliphatic carbocycles. The number of hydrogen-bond acceptors (Lipinski definition) is 5. The molecule has 21 heavy (non-hydrogen) atoms. The average Bonchev–Trinajstić information content (AvgIpc) is 2.55. The monoisotopic (exact) mass is 291 g/mol. The van der Waals surface area contributed by atoms with E-state index in [1.54, 1.807) is 4.90 Å². The minimum absolute atomic E-state index is 0.0704. The molecule has 0 bridgehead atoms. The van der Waals surface area contributed by atoms with Crippen molar-refractivity contribution in [3.63, 3.8) is 0 Å². The van der Waals surface area contributed by atoms with Gasteiger partial charge in [0.05, 0.1) is 13.7 Å². The highest BCUT2D eigenvalue weighted by Crippen LogP contribution is 2.14. The van der Waals surface area contributed by atoms with Crippen molar-refractivity contribution in [1.82, 2.24) is 9.80 Å². The predicted molar refractivity (Wildman–Crippen MR) is 78.4 cm³/mol. The lowest BCUT2D eigenvalue weighted by molar-refractivity contribution is -0.142. The molecule has 0 radical (unpaired) electrons. The van der Waals surface area contributed by atoms with Crippen LogP contribution in [0.1, 0.15) is 11.6 Å². The molecule has 0 spiro atoms. The van der Waals surface area contributed by atoms with Crippen LogP contribution < -0.4 is 5.73 Å². The second-order valence-corrected chi connectivity index (χ2v) is 5.07. The fraction of sp³-hybridized carbons (Fsp3) is 0.467. The molecule has 6 nitrogen and oxygen atoms in total. The second kappa shape index (κ2) is 7.19. The van der Waals surface area contributed by atoms with Gasteiger partial charge in [-0.05, 0) is 5.56 Å². The van der Waals surface area contributed by atoms with Crippen molar-refractivity contribution in [2.75, 3.05) is 39.8 Å². The van der Waals surface area contributed by atoms with Crippen LogP contribution in [0.4, 0.5) is 0 Å². The van der Waals surface area contributed by atoms with Crippen LogP contribution in [-0.2, 0) is 14.3 Å². The topological polar surface area (TPSA) is 75.9 Å². The molecule has 1 aromatic rings. The van der Waals surface area contributed by atoms with Crippen LogP contribution in [0.15, 0.2) is 30.3 Å². The lowest BCUT2D eigenvalue weighted by atomic mass is 10.1. The first-order valence-electron chi connectivity index (χ1n) is 7.00. The van der Waals surface area contributed by atoms with Crippen molar-refractivity contribution >= 4 is 11.9 Å². The fourth-order valence-electron chi connectivity index (χ4n) is 2.37. The van der Waals surface area contributed by atoms with E-state index in [-0.39, 0.29) is 18.4 Å². The molecular formula is C15H21N3O3. The zero-order valence-corrected chi connectivity index (χ0v) is 12.2. The van der Waals surface area contributed by atoms with Crippen molar-refractivity contribution in [2.24, 2.45) is 5.73 Å². The van der Waals surface area contributed by atoms with Gasteiger partial charge in [-0.1, -0.05) is 30.3 Å². The summed E-state index contributed by atoms with van der Waals surface area (Å²) in [5, 5.41) is 0. The van der Waals surface area contributed by atoms with Gasteiger partial charge in [0.15, 0.2) is 0 Å². The molecule has 1 aliphatic rings. The Morgan fingerprint density at radius 2 is 1.81 bits per heavy atom. The number of methoxy groups -OCH3 is 1. The molecule has 1 saturated heterocycles. The van der Waals surface area contributed by atoms with E-state index in [0.717, 1.165) is 5.56 Å². The third-order valence-corrected chi connectivity index (χ3v) is 3.69. The summed E-state index contributed by atoms with van der Waals surface area (Å²) in [5.74, 6) is -0.324. The molecule has 6 heteroatoms. The number of ether oxygens (including phenoxy) is 1. The molecule has 1 aliphatic heterocycles. The van der Waals surface area contributed by atoms with Gasteiger partial charge in [0.1, 0.15) is 6.04 Å². The van der Waals surface area contributed by atoms with Gasteiger partial charge in [0.2, 0.25) is 5.91 Å². The Morgan fingerprint density at radius 1 is 1.19 bits per heavy atom. The minimum Gasteiger partial charge on any atom is -0.468 e. The lowest BCUT2D eigenvalue weighted by Crippen LogP contribution is -2.52. The Bertz CT molecular complexity index is 484. The number of nitrogens with zero attached hydrogens (tertiary/aromatic N) is 2. The number of amides is 1. The first-order valence-corrected chi connectivity index (χ1v) is 7.00. The number of nitrogens with two attached hydrogens (primary N) is 1. The Morgan fingerprint density at radius 3 is 2.38 bits per heavy atom. The number of esters is 1. The van der Waals surface area contributed by atoms with Crippen molar-refractivity contribution < 1.29 is 14.3 Å². The van der Waals surface area contributed by atoms with Gasteiger partial charge >= 0.3 is 5.97 Å². The molecule has 0 saturated carbocycles. The summed E-state index contributed by atoms with van der Waals surface area (Å²) in [6.07, 6.45) is 0. The number of piperazine rings is 1. The highest BCUT2D eigenvalue weighted by molar-refractivity contribution is 5.83. The maximum absolute atomic E-state index is 12.4. The summed E-state index contributed by atoms with van der Waals surface area (Å²) < 4.78 is 4.64. The van der Waals surface area contributed by atoms with E-state index in [1.807, 2.05) is 35.2 Å². The van der Waals surface area contributed by atoms with Crippen LogP contribution in [-0.4, -0.2) is 61.5 Å². The predicted octanol–water partition coefficient (Wildman–Crippen LogP) is 0.00360. The molecule has 1 atom stereocenters. The van der Waals surface area contributed by atoms with Crippen LogP contribution in [0.25, 0.3) is 0 Å². The first kappa shape index (κ1) is 15.5. The van der Waals surface area contributed by atoms with E-state index in [1.165, 1.54) is 7.11 Å². The van der Waals surface area contributed by atoms with E-state index < -0.39 is 6.04 Å². The van der Waals surface area contributed by atoms with E-state index in [0.29, 0.717) is 26.2 Å². The molecule has 0 unspecified atom stereocenters. The summed E-state index contributed by atoms with van der Waals surface area (Å²) >= 11 is 0. The Labute approximate surface area is 124 Å². The number of hydrogen-bond donors (Lipinski definition) is 1. The molecule has 1 fully saturated rings. The summed E-state index contributed by atoms with van der Waals surface area (Å²) in [6, 6.07) is 8.73. The number of rotatable bonds is 4. The van der Waals surface area contributed by atoms with Crippen molar-refractivity contribution in [1.29, 1.82) is 0 Å². The summed E-state index contributed by atoms with van der Waals surface area (Å²) in [7, 11) is 1.38. The zero-order chi connectivity index (χ0) is 15.2. The van der Waals surface area contributed by atoms with Gasteiger partial charge in [-0.3, -0.25) is 14.5 Å². The average molecular weight is 291 g/mol. The zero-order valence-electron chi connectivity index (χ0n) is 12.2. The SMILES string of the molecule is COC(=O)CN1CCN(C(=O)[C@@H](N)c2ccccc2)CC1. The van der Waals surface area contributed by atoms with Gasteiger partial charge in [0, 0.05) is 26.2 Å². The van der Waals surface area contributed by atoms with Gasteiger partial charge in [-0.15, -0.1) is 0 Å². The third-order valence-electron chi connectivity index (χ3n) is 3.69. The van der Waals surface area contributed by atoms with E-state index in [2.05, 4.69) is 4.74 Å². The molecule has 1 aromatic carbocycles. The highest BCUT2D eigenvalue weighted by atomic mass is 16.5. The van der Waals surface area contributed by atoms with Gasteiger partial charge in [-0.25, -0.2) is 0 Å². The largest absolute Gasteiger partial charge is 0.468 e. The lowest BCUT2D eigenvalue weighted by Gasteiger charge is -2.35. The molecule has 2 rings (SSSR count). The Kier molecular flexibility index (Phi) is 5.30. The van der Waals surface area contributed by atoms with Crippen molar-refractivity contribution in [3.8, 4) is 0 Å². The van der Waals surface area contributed by atoms with Crippen molar-refractivity contribution in [2.45, 2.75) is 6.04 Å². The molecule has 114 valence electrons. The number of carbonyl (C=O) groups is 2. The normalized spacial score (nSPS) is 17.3. The maximum Gasteiger partial charge on any atom is 0.319 e. The minimum atomic E-state index is -0.627. The molecule has 2 N–H and O–H groups in total. The number of benzene rings is 1. The van der Waals surface area contributed by atoms with Crippen LogP contribution in [0.2, 0.25) is 0 Å². The van der Waals surface area contributed by atoms with Crippen LogP contribution in [0.3, 0.4) is 0 Å². The van der Waals surface area contributed by atoms with Crippen molar-refractivity contribution in [3.05, 3.63) is 35.9 Å². The molecule has 0 aromatic heterocycles. The van der Waals surface area contributed by atoms with Crippen LogP contribution in [0, 0.1) is 0 Å². The smallest absolute Gasteiger partial charge is 0.319 e. The van der Waals surface area contributed by atoms with Gasteiger partial charge in [0.25, 0.3) is 0 Å². The van der Waals surface area contributed by atoms with Gasteiger partial charge in [-0.2, -0.15) is 0 Å². The summed E-state index contributed by atoms with van der Waals surface area (Å²) in [4.78, 5) is 27.3. The maximum atomic E-state index is 12.4. The van der Waals surface area contributed by atoms with Crippen LogP contribution in [0.5, 0.6) is 0 Å². The van der Waals surface area contributed by atoms with Gasteiger partial charge < -0.3 is 15.4 Å². The second-order valence-electron chi connectivity index (χ2n) is 5.07. The fourth-order valence-corrected chi connectivity index (χ4v) is 2.37. The summed E-state index contributed by atoms with van der Waals surface area (Å²) in [5.41, 5.74) is 6.85. The van der Waals surface area contributed by atoms with E-state index in [9.17, 15) is 9.59 Å². The Hall–Kier alpha value is -1.92. The molecule has 1 amide bonds. The summed E-state index contributed by atoms with van der Waals surface area (Å²) in [6.45, 7) is 2.74.